The van der Waals surface area contributed by atoms with Gasteiger partial charge in [0.15, 0.2) is 0 Å². The van der Waals surface area contributed by atoms with Crippen molar-refractivity contribution in [2.75, 3.05) is 14.2 Å². The maximum atomic E-state index is 5.88. The van der Waals surface area contributed by atoms with Gasteiger partial charge in [-0.1, -0.05) is 24.3 Å². The number of ether oxygens (including phenoxy) is 3. The molecule has 18 heavy (non-hydrogen) atoms. The molecule has 2 aromatic carbocycles. The van der Waals surface area contributed by atoms with E-state index in [2.05, 4.69) is 0 Å². The van der Waals surface area contributed by atoms with Crippen molar-refractivity contribution in [3.63, 3.8) is 0 Å². The normalized spacial score (nSPS) is 15.4. The van der Waals surface area contributed by atoms with E-state index in [4.69, 9.17) is 14.2 Å². The highest BCUT2D eigenvalue weighted by Crippen LogP contribution is 2.48. The lowest BCUT2D eigenvalue weighted by atomic mass is 9.93. The van der Waals surface area contributed by atoms with E-state index in [-0.39, 0.29) is 0 Å². The summed E-state index contributed by atoms with van der Waals surface area (Å²) in [7, 11) is 3.28. The molecule has 1 aliphatic rings. The maximum Gasteiger partial charge on any atom is 0.229 e. The van der Waals surface area contributed by atoms with Crippen LogP contribution in [0.2, 0.25) is 0 Å². The zero-order valence-corrected chi connectivity index (χ0v) is 10.3. The van der Waals surface area contributed by atoms with E-state index >= 15 is 0 Å². The molecular formula is C15H14O3. The standard InChI is InChI=1S/C15H14O3/c1-16-15(17-2)11-7-3-5-9-13(11)18-14-10-6-4-8-12(14)15/h3-10H,1-2H3. The Labute approximate surface area is 106 Å². The van der Waals surface area contributed by atoms with Crippen molar-refractivity contribution in [2.45, 2.75) is 5.79 Å². The van der Waals surface area contributed by atoms with Crippen LogP contribution in [0.25, 0.3) is 0 Å². The lowest BCUT2D eigenvalue weighted by Gasteiger charge is -2.37. The van der Waals surface area contributed by atoms with Gasteiger partial charge in [0.05, 0.1) is 11.1 Å². The van der Waals surface area contributed by atoms with E-state index in [0.29, 0.717) is 0 Å². The van der Waals surface area contributed by atoms with Gasteiger partial charge in [-0.05, 0) is 24.3 Å². The minimum Gasteiger partial charge on any atom is -0.456 e. The quantitative estimate of drug-likeness (QED) is 0.756. The first-order valence-corrected chi connectivity index (χ1v) is 5.79. The van der Waals surface area contributed by atoms with Crippen LogP contribution in [0.3, 0.4) is 0 Å². The molecule has 0 aliphatic carbocycles. The summed E-state index contributed by atoms with van der Waals surface area (Å²) < 4.78 is 17.2. The van der Waals surface area contributed by atoms with Gasteiger partial charge in [-0.2, -0.15) is 0 Å². The Kier molecular flexibility index (Phi) is 2.58. The fourth-order valence-corrected chi connectivity index (χ4v) is 2.44. The van der Waals surface area contributed by atoms with E-state index in [0.717, 1.165) is 22.6 Å². The summed E-state index contributed by atoms with van der Waals surface area (Å²) in [5, 5.41) is 0. The van der Waals surface area contributed by atoms with E-state index in [1.807, 2.05) is 48.5 Å². The molecule has 1 heterocycles. The Morgan fingerprint density at radius 3 is 1.67 bits per heavy atom. The Morgan fingerprint density at radius 1 is 0.778 bits per heavy atom. The van der Waals surface area contributed by atoms with Crippen molar-refractivity contribution < 1.29 is 14.2 Å². The number of methoxy groups -OCH3 is 2. The van der Waals surface area contributed by atoms with Crippen molar-refractivity contribution in [3.8, 4) is 11.5 Å². The Balaban J connectivity index is 2.30. The average Bonchev–Trinajstić information content (AvgIpc) is 2.45. The molecule has 0 spiro atoms. The van der Waals surface area contributed by atoms with Crippen molar-refractivity contribution in [1.29, 1.82) is 0 Å². The van der Waals surface area contributed by atoms with Gasteiger partial charge < -0.3 is 14.2 Å². The first-order valence-electron chi connectivity index (χ1n) is 5.79. The molecule has 0 N–H and O–H groups in total. The molecule has 3 nitrogen and oxygen atoms in total. The lowest BCUT2D eigenvalue weighted by Crippen LogP contribution is -2.35. The fraction of sp³-hybridized carbons (Fsp3) is 0.200. The highest BCUT2D eigenvalue weighted by Gasteiger charge is 2.42. The van der Waals surface area contributed by atoms with Crippen LogP contribution in [-0.2, 0) is 15.3 Å². The molecule has 92 valence electrons. The number of benzene rings is 2. The molecular weight excluding hydrogens is 228 g/mol. The van der Waals surface area contributed by atoms with E-state index in [9.17, 15) is 0 Å². The molecule has 0 saturated heterocycles. The molecule has 0 aromatic heterocycles. The van der Waals surface area contributed by atoms with Crippen LogP contribution < -0.4 is 4.74 Å². The SMILES string of the molecule is COC1(OC)c2ccccc2Oc2ccccc21. The Hall–Kier alpha value is -1.84. The molecule has 0 bridgehead atoms. The number of para-hydroxylation sites is 2. The second kappa shape index (κ2) is 4.12. The summed E-state index contributed by atoms with van der Waals surface area (Å²) in [6, 6.07) is 15.5. The number of rotatable bonds is 2. The zero-order valence-electron chi connectivity index (χ0n) is 10.3. The van der Waals surface area contributed by atoms with Crippen LogP contribution in [-0.4, -0.2) is 14.2 Å². The zero-order chi connectivity index (χ0) is 12.6. The molecule has 3 rings (SSSR count). The third kappa shape index (κ3) is 1.38. The topological polar surface area (TPSA) is 27.7 Å². The number of fused-ring (bicyclic) bond motifs is 2. The summed E-state index contributed by atoms with van der Waals surface area (Å²) in [6.07, 6.45) is 0. The van der Waals surface area contributed by atoms with Crippen molar-refractivity contribution in [1.82, 2.24) is 0 Å². The summed E-state index contributed by atoms with van der Waals surface area (Å²) in [5.41, 5.74) is 1.77. The number of hydrogen-bond acceptors (Lipinski definition) is 3. The fourth-order valence-electron chi connectivity index (χ4n) is 2.44. The van der Waals surface area contributed by atoms with Gasteiger partial charge in [-0.15, -0.1) is 0 Å². The average molecular weight is 242 g/mol. The van der Waals surface area contributed by atoms with E-state index in [1.54, 1.807) is 14.2 Å². The minimum absolute atomic E-state index is 0.764. The third-order valence-electron chi connectivity index (χ3n) is 3.28. The molecule has 1 aliphatic heterocycles. The number of hydrogen-bond donors (Lipinski definition) is 0. The van der Waals surface area contributed by atoms with Crippen molar-refractivity contribution >= 4 is 0 Å². The Bertz CT molecular complexity index is 526. The van der Waals surface area contributed by atoms with Gasteiger partial charge in [0.1, 0.15) is 11.5 Å². The first kappa shape index (κ1) is 11.3. The van der Waals surface area contributed by atoms with Gasteiger partial charge in [-0.3, -0.25) is 0 Å². The maximum absolute atomic E-state index is 5.88. The van der Waals surface area contributed by atoms with Gasteiger partial charge in [0.2, 0.25) is 5.79 Å². The van der Waals surface area contributed by atoms with Crippen molar-refractivity contribution in [3.05, 3.63) is 59.7 Å². The molecule has 2 aromatic rings. The second-order valence-corrected chi connectivity index (χ2v) is 4.12. The Morgan fingerprint density at radius 2 is 1.22 bits per heavy atom. The second-order valence-electron chi connectivity index (χ2n) is 4.12. The van der Waals surface area contributed by atoms with E-state index < -0.39 is 5.79 Å². The van der Waals surface area contributed by atoms with Gasteiger partial charge >= 0.3 is 0 Å². The van der Waals surface area contributed by atoms with Crippen LogP contribution in [0.15, 0.2) is 48.5 Å². The van der Waals surface area contributed by atoms with Crippen LogP contribution >= 0.6 is 0 Å². The predicted octanol–water partition coefficient (Wildman–Crippen LogP) is 3.29. The molecule has 3 heteroatoms. The lowest BCUT2D eigenvalue weighted by molar-refractivity contribution is -0.187. The van der Waals surface area contributed by atoms with Crippen LogP contribution in [0.1, 0.15) is 11.1 Å². The molecule has 0 radical (unpaired) electrons. The highest BCUT2D eigenvalue weighted by molar-refractivity contribution is 5.54. The van der Waals surface area contributed by atoms with Crippen LogP contribution in [0.5, 0.6) is 11.5 Å². The van der Waals surface area contributed by atoms with Gasteiger partial charge in [0.25, 0.3) is 0 Å². The minimum atomic E-state index is -0.897. The molecule has 0 amide bonds. The molecule has 0 unspecified atom stereocenters. The summed E-state index contributed by atoms with van der Waals surface area (Å²) in [4.78, 5) is 0. The van der Waals surface area contributed by atoms with Gasteiger partial charge in [-0.25, -0.2) is 0 Å². The molecule has 0 saturated carbocycles. The first-order chi connectivity index (χ1) is 8.81. The summed E-state index contributed by atoms with van der Waals surface area (Å²) >= 11 is 0. The van der Waals surface area contributed by atoms with Crippen molar-refractivity contribution in [2.24, 2.45) is 0 Å². The summed E-state index contributed by atoms with van der Waals surface area (Å²) in [6.45, 7) is 0. The van der Waals surface area contributed by atoms with Crippen LogP contribution in [0, 0.1) is 0 Å². The largest absolute Gasteiger partial charge is 0.456 e. The van der Waals surface area contributed by atoms with Gasteiger partial charge in [0, 0.05) is 14.2 Å². The third-order valence-corrected chi connectivity index (χ3v) is 3.28. The van der Waals surface area contributed by atoms with Crippen LogP contribution in [0.4, 0.5) is 0 Å². The smallest absolute Gasteiger partial charge is 0.229 e. The van der Waals surface area contributed by atoms with E-state index in [1.165, 1.54) is 0 Å². The molecule has 0 atom stereocenters. The summed E-state index contributed by atoms with van der Waals surface area (Å²) in [5.74, 6) is 0.630. The monoisotopic (exact) mass is 242 g/mol. The highest BCUT2D eigenvalue weighted by atomic mass is 16.7. The predicted molar refractivity (Wildman–Crippen MR) is 67.8 cm³/mol. The molecule has 0 fully saturated rings.